The van der Waals surface area contributed by atoms with E-state index in [0.29, 0.717) is 12.5 Å². The number of benzene rings is 1. The first-order chi connectivity index (χ1) is 14.0. The smallest absolute Gasteiger partial charge is 0.309 e. The predicted octanol–water partition coefficient (Wildman–Crippen LogP) is 6.48. The Morgan fingerprint density at radius 2 is 1.72 bits per heavy atom. The fourth-order valence-corrected chi connectivity index (χ4v) is 3.99. The van der Waals surface area contributed by atoms with Gasteiger partial charge in [-0.3, -0.25) is 4.79 Å². The fourth-order valence-electron chi connectivity index (χ4n) is 3.99. The van der Waals surface area contributed by atoms with Gasteiger partial charge in [0.1, 0.15) is 12.4 Å². The molecule has 2 atom stereocenters. The molecule has 164 valence electrons. The van der Waals surface area contributed by atoms with Crippen LogP contribution in [0.2, 0.25) is 0 Å². The molecule has 1 saturated carbocycles. The highest BCUT2D eigenvalue weighted by Gasteiger charge is 2.27. The molecular formula is C25H40O4. The lowest BCUT2D eigenvalue weighted by Crippen LogP contribution is -2.26. The number of hydrogen-bond donors (Lipinski definition) is 0. The van der Waals surface area contributed by atoms with Crippen LogP contribution in [0.3, 0.4) is 0 Å². The zero-order valence-corrected chi connectivity index (χ0v) is 18.8. The van der Waals surface area contributed by atoms with Gasteiger partial charge >= 0.3 is 5.97 Å². The number of carbonyl (C=O) groups is 1. The maximum Gasteiger partial charge on any atom is 0.309 e. The third-order valence-electron chi connectivity index (χ3n) is 6.19. The monoisotopic (exact) mass is 404 g/mol. The van der Waals surface area contributed by atoms with Crippen LogP contribution in [0.25, 0.3) is 0 Å². The normalized spacial score (nSPS) is 21.4. The molecular weight excluding hydrogens is 364 g/mol. The van der Waals surface area contributed by atoms with Crippen molar-refractivity contribution in [3.63, 3.8) is 0 Å². The van der Waals surface area contributed by atoms with Crippen LogP contribution in [0.1, 0.15) is 90.5 Å². The van der Waals surface area contributed by atoms with Gasteiger partial charge < -0.3 is 14.2 Å². The van der Waals surface area contributed by atoms with Gasteiger partial charge in [-0.25, -0.2) is 0 Å². The van der Waals surface area contributed by atoms with Crippen molar-refractivity contribution < 1.29 is 19.0 Å². The molecule has 0 amide bonds. The first kappa shape index (κ1) is 23.7. The molecule has 0 N–H and O–H groups in total. The second-order valence-corrected chi connectivity index (χ2v) is 8.46. The maximum atomic E-state index is 12.3. The fraction of sp³-hybridized carbons (Fsp3) is 0.720. The Bertz CT molecular complexity index is 575. The summed E-state index contributed by atoms with van der Waals surface area (Å²) in [6.45, 7) is 9.15. The van der Waals surface area contributed by atoms with E-state index in [1.54, 1.807) is 0 Å². The number of esters is 1. The van der Waals surface area contributed by atoms with E-state index in [-0.39, 0.29) is 24.8 Å². The van der Waals surface area contributed by atoms with Crippen molar-refractivity contribution in [1.82, 2.24) is 0 Å². The molecule has 1 fully saturated rings. The van der Waals surface area contributed by atoms with Crippen molar-refractivity contribution in [2.45, 2.75) is 91.3 Å². The van der Waals surface area contributed by atoms with Gasteiger partial charge in [0, 0.05) is 0 Å². The summed E-state index contributed by atoms with van der Waals surface area (Å²) in [5.41, 5.74) is 1.32. The summed E-state index contributed by atoms with van der Waals surface area (Å²) >= 11 is 0. The number of rotatable bonds is 12. The summed E-state index contributed by atoms with van der Waals surface area (Å²) in [6, 6.07) is 8.18. The second-order valence-electron chi connectivity index (χ2n) is 8.46. The number of ether oxygens (including phenoxy) is 3. The standard InChI is InChI=1S/C25H40O4/c1-5-7-8-21-9-11-23(12-10-21)25(26)28-18-17-27-20(4)29-24-15-13-22(14-16-24)19(3)6-2/h13-16,19-21,23H,5-12,17-18H2,1-4H3. The molecule has 0 saturated heterocycles. The molecule has 0 aliphatic heterocycles. The Labute approximate surface area is 177 Å². The first-order valence-electron chi connectivity index (χ1n) is 11.6. The van der Waals surface area contributed by atoms with Gasteiger partial charge in [-0.15, -0.1) is 0 Å². The third kappa shape index (κ3) is 8.38. The van der Waals surface area contributed by atoms with Crippen LogP contribution in [0.15, 0.2) is 24.3 Å². The molecule has 0 bridgehead atoms. The highest BCUT2D eigenvalue weighted by molar-refractivity contribution is 5.72. The van der Waals surface area contributed by atoms with E-state index in [0.717, 1.165) is 43.8 Å². The van der Waals surface area contributed by atoms with Gasteiger partial charge in [-0.1, -0.05) is 52.2 Å². The highest BCUT2D eigenvalue weighted by atomic mass is 16.7. The van der Waals surface area contributed by atoms with Gasteiger partial charge in [0.05, 0.1) is 12.5 Å². The van der Waals surface area contributed by atoms with Crippen LogP contribution in [-0.2, 0) is 14.3 Å². The summed E-state index contributed by atoms with van der Waals surface area (Å²) in [5, 5.41) is 0. The average molecular weight is 405 g/mol. The van der Waals surface area contributed by atoms with Gasteiger partial charge in [-0.2, -0.15) is 0 Å². The molecule has 1 aromatic rings. The van der Waals surface area contributed by atoms with Crippen molar-refractivity contribution in [3.05, 3.63) is 29.8 Å². The van der Waals surface area contributed by atoms with Crippen LogP contribution in [0.5, 0.6) is 5.75 Å². The van der Waals surface area contributed by atoms with Gasteiger partial charge in [0.15, 0.2) is 6.29 Å². The van der Waals surface area contributed by atoms with Gasteiger partial charge in [0.25, 0.3) is 0 Å². The second kappa shape index (κ2) is 12.9. The molecule has 1 aliphatic rings. The van der Waals surface area contributed by atoms with Crippen LogP contribution in [0.4, 0.5) is 0 Å². The number of carbonyl (C=O) groups excluding carboxylic acids is 1. The van der Waals surface area contributed by atoms with E-state index in [1.807, 2.05) is 19.1 Å². The zero-order valence-electron chi connectivity index (χ0n) is 18.8. The Balaban J connectivity index is 1.59. The highest BCUT2D eigenvalue weighted by Crippen LogP contribution is 2.32. The lowest BCUT2D eigenvalue weighted by Gasteiger charge is -2.27. The van der Waals surface area contributed by atoms with Crippen molar-refractivity contribution >= 4 is 5.97 Å². The summed E-state index contributed by atoms with van der Waals surface area (Å²) in [7, 11) is 0. The Kier molecular flexibility index (Phi) is 10.5. The van der Waals surface area contributed by atoms with E-state index in [2.05, 4.69) is 32.9 Å². The van der Waals surface area contributed by atoms with Crippen molar-refractivity contribution in [3.8, 4) is 5.75 Å². The predicted molar refractivity (Wildman–Crippen MR) is 117 cm³/mol. The topological polar surface area (TPSA) is 44.8 Å². The third-order valence-corrected chi connectivity index (χ3v) is 6.19. The van der Waals surface area contributed by atoms with E-state index >= 15 is 0 Å². The molecule has 4 heteroatoms. The minimum absolute atomic E-state index is 0.0586. The van der Waals surface area contributed by atoms with E-state index < -0.39 is 0 Å². The molecule has 1 aromatic carbocycles. The van der Waals surface area contributed by atoms with E-state index in [4.69, 9.17) is 14.2 Å². The Morgan fingerprint density at radius 1 is 1.03 bits per heavy atom. The maximum absolute atomic E-state index is 12.3. The van der Waals surface area contributed by atoms with Crippen molar-refractivity contribution in [1.29, 1.82) is 0 Å². The summed E-state index contributed by atoms with van der Waals surface area (Å²) < 4.78 is 16.9. The Morgan fingerprint density at radius 3 is 2.34 bits per heavy atom. The SMILES string of the molecule is CCCCC1CCC(C(=O)OCCOC(C)Oc2ccc(C(C)CC)cc2)CC1. The Hall–Kier alpha value is -1.55. The lowest BCUT2D eigenvalue weighted by molar-refractivity contribution is -0.154. The van der Waals surface area contributed by atoms with E-state index in [1.165, 1.54) is 24.8 Å². The molecule has 0 aromatic heterocycles. The number of hydrogen-bond acceptors (Lipinski definition) is 4. The minimum atomic E-state index is -0.378. The molecule has 2 rings (SSSR count). The average Bonchev–Trinajstić information content (AvgIpc) is 2.75. The molecule has 29 heavy (non-hydrogen) atoms. The van der Waals surface area contributed by atoms with E-state index in [9.17, 15) is 4.79 Å². The molecule has 4 nitrogen and oxygen atoms in total. The molecule has 1 aliphatic carbocycles. The summed E-state index contributed by atoms with van der Waals surface area (Å²) in [5.74, 6) is 2.17. The van der Waals surface area contributed by atoms with Crippen molar-refractivity contribution in [2.75, 3.05) is 13.2 Å². The molecule has 0 radical (unpaired) electrons. The largest absolute Gasteiger partial charge is 0.465 e. The van der Waals surface area contributed by atoms with Crippen molar-refractivity contribution in [2.24, 2.45) is 11.8 Å². The first-order valence-corrected chi connectivity index (χ1v) is 11.6. The molecule has 0 spiro atoms. The quantitative estimate of drug-likeness (QED) is 0.227. The van der Waals surface area contributed by atoms with Gasteiger partial charge in [0.2, 0.25) is 0 Å². The van der Waals surface area contributed by atoms with Crippen LogP contribution >= 0.6 is 0 Å². The minimum Gasteiger partial charge on any atom is -0.465 e. The number of unbranched alkanes of at least 4 members (excludes halogenated alkanes) is 1. The lowest BCUT2D eigenvalue weighted by atomic mass is 9.80. The van der Waals surface area contributed by atoms with Gasteiger partial charge in [-0.05, 0) is 68.6 Å². The van der Waals surface area contributed by atoms with Crippen LogP contribution in [-0.4, -0.2) is 25.5 Å². The van der Waals surface area contributed by atoms with Crippen LogP contribution in [0, 0.1) is 11.8 Å². The molecule has 0 heterocycles. The summed E-state index contributed by atoms with van der Waals surface area (Å²) in [6.07, 6.45) is 8.89. The van der Waals surface area contributed by atoms with Crippen LogP contribution < -0.4 is 4.74 Å². The molecule has 2 unspecified atom stereocenters. The summed E-state index contributed by atoms with van der Waals surface area (Å²) in [4.78, 5) is 12.3. The zero-order chi connectivity index (χ0) is 21.1.